The van der Waals surface area contributed by atoms with Crippen molar-refractivity contribution in [1.82, 2.24) is 9.36 Å². The number of amides is 1. The highest BCUT2D eigenvalue weighted by Gasteiger charge is 2.24. The number of fused-ring (bicyclic) bond motifs is 1. The number of benzene rings is 2. The SMILES string of the molecule is Cc1cccc(NC(=O)Cn2c3cc(Cl)ccc3c(=O)n2C(C)(C)C)c1C. The van der Waals surface area contributed by atoms with Gasteiger partial charge in [-0.05, 0) is 70.0 Å². The zero-order valence-electron chi connectivity index (χ0n) is 16.3. The van der Waals surface area contributed by atoms with Crippen molar-refractivity contribution < 1.29 is 4.79 Å². The van der Waals surface area contributed by atoms with Gasteiger partial charge in [0.05, 0.1) is 16.4 Å². The Morgan fingerprint density at radius 3 is 2.52 bits per heavy atom. The van der Waals surface area contributed by atoms with E-state index in [0.29, 0.717) is 15.9 Å². The maximum Gasteiger partial charge on any atom is 0.275 e. The van der Waals surface area contributed by atoms with Gasteiger partial charge < -0.3 is 5.32 Å². The third kappa shape index (κ3) is 3.65. The van der Waals surface area contributed by atoms with Crippen LogP contribution >= 0.6 is 11.6 Å². The van der Waals surface area contributed by atoms with Gasteiger partial charge in [-0.2, -0.15) is 0 Å². The number of anilines is 1. The molecule has 0 aliphatic rings. The standard InChI is InChI=1S/C21H24ClN3O2/c1-13-7-6-8-17(14(13)2)23-19(26)12-24-18-11-15(22)9-10-16(18)20(27)25(24)21(3,4)5/h6-11H,12H2,1-5H3,(H,23,26). The summed E-state index contributed by atoms with van der Waals surface area (Å²) in [5.41, 5.74) is 2.95. The van der Waals surface area contributed by atoms with Crippen LogP contribution in [0.4, 0.5) is 5.69 Å². The first kappa shape index (κ1) is 19.2. The first-order valence-electron chi connectivity index (χ1n) is 8.87. The molecule has 27 heavy (non-hydrogen) atoms. The van der Waals surface area contributed by atoms with Crippen molar-refractivity contribution in [2.24, 2.45) is 0 Å². The van der Waals surface area contributed by atoms with Gasteiger partial charge in [0.1, 0.15) is 6.54 Å². The summed E-state index contributed by atoms with van der Waals surface area (Å²) in [7, 11) is 0. The number of rotatable bonds is 3. The molecular weight excluding hydrogens is 362 g/mol. The molecule has 5 nitrogen and oxygen atoms in total. The summed E-state index contributed by atoms with van der Waals surface area (Å²) < 4.78 is 3.33. The van der Waals surface area contributed by atoms with Crippen molar-refractivity contribution in [3.8, 4) is 0 Å². The molecule has 1 aromatic heterocycles. The fourth-order valence-corrected chi connectivity index (χ4v) is 3.43. The van der Waals surface area contributed by atoms with Crippen LogP contribution < -0.4 is 10.9 Å². The number of aromatic nitrogens is 2. The maximum absolute atomic E-state index is 12.9. The molecule has 0 atom stereocenters. The molecule has 0 unspecified atom stereocenters. The normalized spacial score (nSPS) is 11.8. The Morgan fingerprint density at radius 2 is 1.85 bits per heavy atom. The molecule has 6 heteroatoms. The Labute approximate surface area is 163 Å². The number of carbonyl (C=O) groups is 1. The van der Waals surface area contributed by atoms with Crippen LogP contribution in [0.15, 0.2) is 41.2 Å². The van der Waals surface area contributed by atoms with Crippen molar-refractivity contribution in [1.29, 1.82) is 0 Å². The lowest BCUT2D eigenvalue weighted by Gasteiger charge is -2.25. The van der Waals surface area contributed by atoms with Gasteiger partial charge in [0.15, 0.2) is 0 Å². The minimum atomic E-state index is -0.484. The second kappa shape index (κ2) is 6.89. The van der Waals surface area contributed by atoms with Crippen LogP contribution in [0.5, 0.6) is 0 Å². The molecule has 2 aromatic carbocycles. The molecule has 1 amide bonds. The van der Waals surface area contributed by atoms with Gasteiger partial charge in [-0.3, -0.25) is 14.3 Å². The lowest BCUT2D eigenvalue weighted by atomic mass is 10.1. The van der Waals surface area contributed by atoms with Crippen molar-refractivity contribution in [3.63, 3.8) is 0 Å². The largest absolute Gasteiger partial charge is 0.324 e. The van der Waals surface area contributed by atoms with E-state index in [1.807, 2.05) is 52.8 Å². The number of hydrogen-bond acceptors (Lipinski definition) is 2. The highest BCUT2D eigenvalue weighted by Crippen LogP contribution is 2.23. The highest BCUT2D eigenvalue weighted by atomic mass is 35.5. The Balaban J connectivity index is 2.05. The topological polar surface area (TPSA) is 56.0 Å². The summed E-state index contributed by atoms with van der Waals surface area (Å²) in [4.78, 5) is 25.7. The quantitative estimate of drug-likeness (QED) is 0.723. The van der Waals surface area contributed by atoms with E-state index in [1.54, 1.807) is 27.6 Å². The van der Waals surface area contributed by atoms with Crippen LogP contribution in [0.1, 0.15) is 31.9 Å². The minimum absolute atomic E-state index is 0.0176. The zero-order valence-corrected chi connectivity index (χ0v) is 17.0. The number of carbonyl (C=O) groups excluding carboxylic acids is 1. The number of nitrogens with zero attached hydrogens (tertiary/aromatic N) is 2. The summed E-state index contributed by atoms with van der Waals surface area (Å²) in [6.45, 7) is 9.81. The summed E-state index contributed by atoms with van der Waals surface area (Å²) >= 11 is 6.15. The average molecular weight is 386 g/mol. The molecular formula is C21H24ClN3O2. The molecule has 0 fully saturated rings. The molecule has 0 saturated carbocycles. The van der Waals surface area contributed by atoms with E-state index < -0.39 is 5.54 Å². The van der Waals surface area contributed by atoms with Crippen LogP contribution in [0.3, 0.4) is 0 Å². The lowest BCUT2D eigenvalue weighted by Crippen LogP contribution is -2.38. The Morgan fingerprint density at radius 1 is 1.15 bits per heavy atom. The summed E-state index contributed by atoms with van der Waals surface area (Å²) in [6.07, 6.45) is 0. The van der Waals surface area contributed by atoms with Crippen molar-refractivity contribution in [2.75, 3.05) is 5.32 Å². The van der Waals surface area contributed by atoms with E-state index in [4.69, 9.17) is 11.6 Å². The first-order chi connectivity index (χ1) is 12.6. The lowest BCUT2D eigenvalue weighted by molar-refractivity contribution is -0.117. The third-order valence-corrected chi connectivity index (χ3v) is 4.94. The van der Waals surface area contributed by atoms with Gasteiger partial charge in [0.2, 0.25) is 5.91 Å². The number of aryl methyl sites for hydroxylation is 1. The summed E-state index contributed by atoms with van der Waals surface area (Å²) in [6, 6.07) is 10.9. The molecule has 0 aliphatic heterocycles. The predicted octanol–water partition coefficient (Wildman–Crippen LogP) is 4.47. The van der Waals surface area contributed by atoms with Gasteiger partial charge in [0, 0.05) is 10.7 Å². The minimum Gasteiger partial charge on any atom is -0.324 e. The molecule has 3 rings (SSSR count). The van der Waals surface area contributed by atoms with Gasteiger partial charge in [-0.15, -0.1) is 0 Å². The van der Waals surface area contributed by atoms with Crippen molar-refractivity contribution in [2.45, 2.75) is 46.7 Å². The van der Waals surface area contributed by atoms with Crippen LogP contribution in [-0.4, -0.2) is 15.3 Å². The molecule has 3 aromatic rings. The number of nitrogens with one attached hydrogen (secondary N) is 1. The highest BCUT2D eigenvalue weighted by molar-refractivity contribution is 6.31. The molecule has 0 aliphatic carbocycles. The van der Waals surface area contributed by atoms with Crippen molar-refractivity contribution >= 4 is 34.1 Å². The van der Waals surface area contributed by atoms with E-state index in [0.717, 1.165) is 16.8 Å². The van der Waals surface area contributed by atoms with Gasteiger partial charge in [-0.1, -0.05) is 23.7 Å². The third-order valence-electron chi connectivity index (χ3n) is 4.71. The molecule has 1 heterocycles. The fraction of sp³-hybridized carbons (Fsp3) is 0.333. The Kier molecular flexibility index (Phi) is 4.91. The van der Waals surface area contributed by atoms with Crippen LogP contribution in [-0.2, 0) is 16.9 Å². The average Bonchev–Trinajstić information content (AvgIpc) is 2.83. The van der Waals surface area contributed by atoms with Gasteiger partial charge in [-0.25, -0.2) is 4.68 Å². The molecule has 1 N–H and O–H groups in total. The number of hydrogen-bond donors (Lipinski definition) is 1. The molecule has 142 valence electrons. The zero-order chi connectivity index (χ0) is 19.9. The molecule has 0 radical (unpaired) electrons. The predicted molar refractivity (Wildman–Crippen MR) is 111 cm³/mol. The second-order valence-corrected chi connectivity index (χ2v) is 8.24. The monoisotopic (exact) mass is 385 g/mol. The maximum atomic E-state index is 12.9. The first-order valence-corrected chi connectivity index (χ1v) is 9.25. The Bertz CT molecular complexity index is 1090. The van der Waals surface area contributed by atoms with Gasteiger partial charge >= 0.3 is 0 Å². The van der Waals surface area contributed by atoms with E-state index in [1.165, 1.54) is 0 Å². The summed E-state index contributed by atoms with van der Waals surface area (Å²) in [5.74, 6) is -0.196. The van der Waals surface area contributed by atoms with Crippen LogP contribution in [0.25, 0.3) is 10.9 Å². The van der Waals surface area contributed by atoms with E-state index in [2.05, 4.69) is 5.32 Å². The van der Waals surface area contributed by atoms with Gasteiger partial charge in [0.25, 0.3) is 5.56 Å². The van der Waals surface area contributed by atoms with E-state index in [-0.39, 0.29) is 18.0 Å². The summed E-state index contributed by atoms with van der Waals surface area (Å²) in [5, 5.41) is 4.03. The fourth-order valence-electron chi connectivity index (χ4n) is 3.27. The molecule has 0 saturated heterocycles. The van der Waals surface area contributed by atoms with Crippen molar-refractivity contribution in [3.05, 3.63) is 62.9 Å². The van der Waals surface area contributed by atoms with E-state index in [9.17, 15) is 9.59 Å². The molecule has 0 bridgehead atoms. The van der Waals surface area contributed by atoms with Crippen LogP contribution in [0.2, 0.25) is 5.02 Å². The molecule has 0 spiro atoms. The number of halogens is 1. The second-order valence-electron chi connectivity index (χ2n) is 7.80. The van der Waals surface area contributed by atoms with Crippen LogP contribution in [0, 0.1) is 13.8 Å². The van der Waals surface area contributed by atoms with E-state index >= 15 is 0 Å². The Hall–Kier alpha value is -2.53. The smallest absolute Gasteiger partial charge is 0.275 e.